The number of hydrogen-bond donors (Lipinski definition) is 2. The number of hydrogen-bond acceptors (Lipinski definition) is 4. The highest BCUT2D eigenvalue weighted by molar-refractivity contribution is 5.80. The first kappa shape index (κ1) is 38.1. The number of carboxylic acids is 1. The molecule has 2 N–H and O–H groups in total. The van der Waals surface area contributed by atoms with Gasteiger partial charge in [0.15, 0.2) is 0 Å². The molecular weight excluding hydrogens is 502 g/mol. The Hall–Kier alpha value is -1.85. The maximum Gasteiger partial charge on any atom is 0.322 e. The van der Waals surface area contributed by atoms with Crippen LogP contribution in [0.1, 0.15) is 174 Å². The van der Waals surface area contributed by atoms with Crippen molar-refractivity contribution >= 4 is 17.8 Å². The van der Waals surface area contributed by atoms with Crippen LogP contribution in [0.25, 0.3) is 0 Å². The first-order valence-corrected chi connectivity index (χ1v) is 16.8. The molecule has 0 bridgehead atoms. The number of esters is 1. The standard InChI is InChI=1S/C34H63NO5/c1-3-5-6-7-8-9-10-11-12-13-14-15-16-17-18-19-20-21-25-29-34(39)40-31(26-4-2)27-23-22-24-28-32(36)35-30-33(37)38/h11-12,31H,3-10,13-30H2,1-2H3,(H,35,36)(H,37,38)/b12-11-. The smallest absolute Gasteiger partial charge is 0.322 e. The van der Waals surface area contributed by atoms with Gasteiger partial charge in [-0.2, -0.15) is 0 Å². The second-order valence-corrected chi connectivity index (χ2v) is 11.4. The molecule has 0 saturated heterocycles. The van der Waals surface area contributed by atoms with Gasteiger partial charge >= 0.3 is 11.9 Å². The second-order valence-electron chi connectivity index (χ2n) is 11.4. The molecule has 0 aromatic rings. The average molecular weight is 566 g/mol. The van der Waals surface area contributed by atoms with Crippen molar-refractivity contribution in [3.63, 3.8) is 0 Å². The van der Waals surface area contributed by atoms with Crippen LogP contribution >= 0.6 is 0 Å². The maximum absolute atomic E-state index is 12.3. The Labute approximate surface area is 246 Å². The van der Waals surface area contributed by atoms with Crippen molar-refractivity contribution in [2.24, 2.45) is 0 Å². The van der Waals surface area contributed by atoms with Gasteiger partial charge in [0.1, 0.15) is 12.6 Å². The topological polar surface area (TPSA) is 92.7 Å². The van der Waals surface area contributed by atoms with E-state index in [2.05, 4.69) is 31.3 Å². The molecule has 0 rings (SSSR count). The van der Waals surface area contributed by atoms with E-state index in [1.165, 1.54) is 96.3 Å². The van der Waals surface area contributed by atoms with Gasteiger partial charge in [0.05, 0.1) is 0 Å². The number of carbonyl (C=O) groups excluding carboxylic acids is 2. The lowest BCUT2D eigenvalue weighted by molar-refractivity contribution is -0.150. The van der Waals surface area contributed by atoms with Crippen LogP contribution in [0, 0.1) is 0 Å². The fourth-order valence-corrected chi connectivity index (χ4v) is 4.97. The first-order valence-electron chi connectivity index (χ1n) is 16.8. The fraction of sp³-hybridized carbons (Fsp3) is 0.853. The van der Waals surface area contributed by atoms with Crippen LogP contribution in [0.3, 0.4) is 0 Å². The lowest BCUT2D eigenvalue weighted by atomic mass is 10.0. The van der Waals surface area contributed by atoms with Gasteiger partial charge in [0.2, 0.25) is 5.91 Å². The third-order valence-corrected chi connectivity index (χ3v) is 7.42. The fourth-order valence-electron chi connectivity index (χ4n) is 4.97. The maximum atomic E-state index is 12.3. The van der Waals surface area contributed by atoms with E-state index in [1.54, 1.807) is 0 Å². The minimum atomic E-state index is -1.03. The third kappa shape index (κ3) is 29.1. The van der Waals surface area contributed by atoms with Crippen molar-refractivity contribution in [3.8, 4) is 0 Å². The molecule has 6 nitrogen and oxygen atoms in total. The second kappa shape index (κ2) is 30.1. The summed E-state index contributed by atoms with van der Waals surface area (Å²) in [5.41, 5.74) is 0. The molecule has 40 heavy (non-hydrogen) atoms. The molecule has 1 unspecified atom stereocenters. The summed E-state index contributed by atoms with van der Waals surface area (Å²) in [6.07, 6.45) is 32.6. The summed E-state index contributed by atoms with van der Waals surface area (Å²) < 4.78 is 5.73. The minimum Gasteiger partial charge on any atom is -0.480 e. The average Bonchev–Trinajstić information content (AvgIpc) is 2.93. The van der Waals surface area contributed by atoms with Crippen LogP contribution in [0.2, 0.25) is 0 Å². The molecule has 0 aliphatic rings. The molecule has 1 atom stereocenters. The van der Waals surface area contributed by atoms with Crippen LogP contribution in [0.15, 0.2) is 12.2 Å². The number of amides is 1. The first-order chi connectivity index (χ1) is 19.5. The molecule has 0 radical (unpaired) electrons. The number of allylic oxidation sites excluding steroid dienone is 2. The monoisotopic (exact) mass is 565 g/mol. The van der Waals surface area contributed by atoms with Crippen LogP contribution in [-0.4, -0.2) is 35.6 Å². The van der Waals surface area contributed by atoms with E-state index < -0.39 is 5.97 Å². The minimum absolute atomic E-state index is 0.0332. The Morgan fingerprint density at radius 3 is 1.68 bits per heavy atom. The summed E-state index contributed by atoms with van der Waals surface area (Å²) in [5.74, 6) is -1.33. The van der Waals surface area contributed by atoms with Gasteiger partial charge in [0.25, 0.3) is 0 Å². The largest absolute Gasteiger partial charge is 0.480 e. The van der Waals surface area contributed by atoms with E-state index in [9.17, 15) is 14.4 Å². The van der Waals surface area contributed by atoms with E-state index in [1.807, 2.05) is 0 Å². The van der Waals surface area contributed by atoms with Crippen LogP contribution in [0.5, 0.6) is 0 Å². The molecular formula is C34H63NO5. The zero-order valence-electron chi connectivity index (χ0n) is 26.2. The van der Waals surface area contributed by atoms with Crippen LogP contribution in [-0.2, 0) is 19.1 Å². The van der Waals surface area contributed by atoms with Crippen molar-refractivity contribution in [1.29, 1.82) is 0 Å². The zero-order chi connectivity index (χ0) is 29.5. The molecule has 0 aromatic carbocycles. The summed E-state index contributed by atoms with van der Waals surface area (Å²) >= 11 is 0. The van der Waals surface area contributed by atoms with E-state index >= 15 is 0 Å². The number of ether oxygens (including phenoxy) is 1. The number of aliphatic carboxylic acids is 1. The summed E-state index contributed by atoms with van der Waals surface area (Å²) in [4.78, 5) is 34.3. The van der Waals surface area contributed by atoms with E-state index in [-0.39, 0.29) is 24.5 Å². The van der Waals surface area contributed by atoms with E-state index in [0.717, 1.165) is 51.4 Å². The lowest BCUT2D eigenvalue weighted by Crippen LogP contribution is -2.28. The van der Waals surface area contributed by atoms with Gasteiger partial charge < -0.3 is 15.2 Å². The Bertz CT molecular complexity index is 634. The van der Waals surface area contributed by atoms with Crippen molar-refractivity contribution in [1.82, 2.24) is 5.32 Å². The van der Waals surface area contributed by atoms with Crippen molar-refractivity contribution in [2.45, 2.75) is 180 Å². The quantitative estimate of drug-likeness (QED) is 0.0514. The number of carbonyl (C=O) groups is 3. The molecule has 0 aliphatic heterocycles. The van der Waals surface area contributed by atoms with Gasteiger partial charge in [-0.3, -0.25) is 14.4 Å². The molecule has 0 fully saturated rings. The summed E-state index contributed by atoms with van der Waals surface area (Å²) in [6, 6.07) is 0. The Balaban J connectivity index is 3.57. The Morgan fingerprint density at radius 2 is 1.12 bits per heavy atom. The predicted molar refractivity (Wildman–Crippen MR) is 166 cm³/mol. The summed E-state index contributed by atoms with van der Waals surface area (Å²) in [6.45, 7) is 4.04. The number of nitrogens with one attached hydrogen (secondary N) is 1. The predicted octanol–water partition coefficient (Wildman–Crippen LogP) is 9.45. The highest BCUT2D eigenvalue weighted by Gasteiger charge is 2.13. The zero-order valence-corrected chi connectivity index (χ0v) is 26.2. The van der Waals surface area contributed by atoms with Gasteiger partial charge in [0, 0.05) is 12.8 Å². The molecule has 6 heteroatoms. The van der Waals surface area contributed by atoms with Crippen LogP contribution in [0.4, 0.5) is 0 Å². The highest BCUT2D eigenvalue weighted by atomic mass is 16.5. The van der Waals surface area contributed by atoms with Crippen molar-refractivity contribution < 1.29 is 24.2 Å². The summed E-state index contributed by atoms with van der Waals surface area (Å²) in [7, 11) is 0. The van der Waals surface area contributed by atoms with Crippen molar-refractivity contribution in [2.75, 3.05) is 6.54 Å². The molecule has 0 heterocycles. The van der Waals surface area contributed by atoms with E-state index in [4.69, 9.17) is 9.84 Å². The SMILES string of the molecule is CCCCCCCC/C=C\CCCCCCCCCCCC(=O)OC(CCC)CCCCCC(=O)NCC(=O)O. The third-order valence-electron chi connectivity index (χ3n) is 7.42. The van der Waals surface area contributed by atoms with Gasteiger partial charge in [-0.25, -0.2) is 0 Å². The summed E-state index contributed by atoms with van der Waals surface area (Å²) in [5, 5.41) is 11.0. The lowest BCUT2D eigenvalue weighted by Gasteiger charge is -2.17. The van der Waals surface area contributed by atoms with Gasteiger partial charge in [-0.15, -0.1) is 0 Å². The Morgan fingerprint density at radius 1 is 0.625 bits per heavy atom. The number of rotatable bonds is 30. The van der Waals surface area contributed by atoms with Crippen LogP contribution < -0.4 is 5.32 Å². The number of unbranched alkanes of at least 4 members (excludes halogenated alkanes) is 17. The van der Waals surface area contributed by atoms with Gasteiger partial charge in [-0.05, 0) is 57.8 Å². The molecule has 1 amide bonds. The number of carboxylic acid groups (broad SMARTS) is 1. The molecule has 234 valence electrons. The van der Waals surface area contributed by atoms with Gasteiger partial charge in [-0.1, -0.05) is 116 Å². The van der Waals surface area contributed by atoms with E-state index in [0.29, 0.717) is 12.8 Å². The molecule has 0 aliphatic carbocycles. The molecule has 0 spiro atoms. The highest BCUT2D eigenvalue weighted by Crippen LogP contribution is 2.16. The molecule has 0 saturated carbocycles. The van der Waals surface area contributed by atoms with Crippen molar-refractivity contribution in [3.05, 3.63) is 12.2 Å². The normalized spacial score (nSPS) is 12.1. The Kier molecular flexibility index (Phi) is 28.7. The molecule has 0 aromatic heterocycles.